The first-order valence-electron chi connectivity index (χ1n) is 4.02. The highest BCUT2D eigenvalue weighted by atomic mass is 16.5. The van der Waals surface area contributed by atoms with E-state index in [4.69, 9.17) is 16.8 Å². The Labute approximate surface area is 81.1 Å². The smallest absolute Gasteiger partial charge is 0.295 e. The first-order valence-corrected chi connectivity index (χ1v) is 4.02. The zero-order valence-electron chi connectivity index (χ0n) is 7.71. The zero-order valence-corrected chi connectivity index (χ0v) is 7.71. The van der Waals surface area contributed by atoms with Crippen LogP contribution in [-0.4, -0.2) is 22.5 Å². The maximum atomic E-state index is 11.3. The number of hydrazine groups is 1. The van der Waals surface area contributed by atoms with Crippen LogP contribution in [0.5, 0.6) is 0 Å². The number of carbonyl (C=O) groups excluding carboxylic acids is 1. The predicted octanol–water partition coefficient (Wildman–Crippen LogP) is -0.475. The topological polar surface area (TPSA) is 105 Å². The number of hydroxylamine groups is 1. The SMILES string of the molecule is CC1C=CC(C(=O)N(N)O)=C(N)N=C1. The van der Waals surface area contributed by atoms with Crippen molar-refractivity contribution in [2.24, 2.45) is 22.5 Å². The van der Waals surface area contributed by atoms with Crippen LogP contribution < -0.4 is 11.6 Å². The van der Waals surface area contributed by atoms with E-state index in [0.717, 1.165) is 0 Å². The molecule has 0 aromatic carbocycles. The van der Waals surface area contributed by atoms with Gasteiger partial charge in [-0.2, -0.15) is 0 Å². The molecule has 0 saturated heterocycles. The summed E-state index contributed by atoms with van der Waals surface area (Å²) in [6, 6.07) is 0. The molecule has 14 heavy (non-hydrogen) atoms. The normalized spacial score (nSPS) is 20.9. The van der Waals surface area contributed by atoms with E-state index in [1.54, 1.807) is 12.3 Å². The summed E-state index contributed by atoms with van der Waals surface area (Å²) in [5, 5.41) is 8.72. The van der Waals surface area contributed by atoms with Crippen molar-refractivity contribution in [1.29, 1.82) is 0 Å². The monoisotopic (exact) mass is 196 g/mol. The van der Waals surface area contributed by atoms with Crippen molar-refractivity contribution in [3.63, 3.8) is 0 Å². The molecule has 5 N–H and O–H groups in total. The molecule has 0 spiro atoms. The van der Waals surface area contributed by atoms with Gasteiger partial charge in [0.05, 0.1) is 5.57 Å². The van der Waals surface area contributed by atoms with Crippen LogP contribution >= 0.6 is 0 Å². The van der Waals surface area contributed by atoms with Crippen molar-refractivity contribution < 1.29 is 10.0 Å². The number of hydrogen-bond acceptors (Lipinski definition) is 5. The summed E-state index contributed by atoms with van der Waals surface area (Å²) < 4.78 is 0. The fourth-order valence-electron chi connectivity index (χ4n) is 0.955. The van der Waals surface area contributed by atoms with Gasteiger partial charge >= 0.3 is 0 Å². The molecular formula is C8H12N4O2. The summed E-state index contributed by atoms with van der Waals surface area (Å²) in [6.07, 6.45) is 4.83. The predicted molar refractivity (Wildman–Crippen MR) is 50.8 cm³/mol. The van der Waals surface area contributed by atoms with E-state index in [2.05, 4.69) is 4.99 Å². The number of hydrogen-bond donors (Lipinski definition) is 3. The summed E-state index contributed by atoms with van der Waals surface area (Å²) in [5.41, 5.74) is 5.58. The van der Waals surface area contributed by atoms with Gasteiger partial charge in [0.25, 0.3) is 5.91 Å². The van der Waals surface area contributed by atoms with Crippen molar-refractivity contribution in [2.75, 3.05) is 0 Å². The number of nitrogens with two attached hydrogens (primary N) is 2. The summed E-state index contributed by atoms with van der Waals surface area (Å²) >= 11 is 0. The van der Waals surface area contributed by atoms with Crippen LogP contribution in [-0.2, 0) is 4.79 Å². The van der Waals surface area contributed by atoms with Crippen molar-refractivity contribution in [1.82, 2.24) is 5.17 Å². The largest absolute Gasteiger partial charge is 0.383 e. The Hall–Kier alpha value is -1.66. The third-order valence-electron chi connectivity index (χ3n) is 1.73. The van der Waals surface area contributed by atoms with E-state index in [0.29, 0.717) is 0 Å². The fraction of sp³-hybridized carbons (Fsp3) is 0.250. The molecule has 76 valence electrons. The Bertz CT molecular complexity index is 330. The van der Waals surface area contributed by atoms with Gasteiger partial charge in [0.15, 0.2) is 0 Å². The van der Waals surface area contributed by atoms with Gasteiger partial charge in [-0.1, -0.05) is 13.0 Å². The second-order valence-corrected chi connectivity index (χ2v) is 2.95. The second-order valence-electron chi connectivity index (χ2n) is 2.95. The standard InChI is InChI=1S/C8H12N4O2/c1-5-2-3-6(7(9)11-4-5)8(13)12(10)14/h2-5,14H,9-10H2,1H3. The maximum absolute atomic E-state index is 11.3. The number of amides is 1. The van der Waals surface area contributed by atoms with E-state index in [-0.39, 0.29) is 22.5 Å². The number of carbonyl (C=O) groups is 1. The minimum absolute atomic E-state index is 0.0158. The van der Waals surface area contributed by atoms with Gasteiger partial charge in [0, 0.05) is 12.1 Å². The van der Waals surface area contributed by atoms with Crippen LogP contribution in [0.25, 0.3) is 0 Å². The Morgan fingerprint density at radius 3 is 2.93 bits per heavy atom. The molecule has 0 radical (unpaired) electrons. The summed E-state index contributed by atoms with van der Waals surface area (Å²) in [5.74, 6) is 4.22. The second kappa shape index (κ2) is 4.03. The van der Waals surface area contributed by atoms with Gasteiger partial charge in [-0.05, 0) is 6.08 Å². The third kappa shape index (κ3) is 2.18. The third-order valence-corrected chi connectivity index (χ3v) is 1.73. The molecule has 1 rings (SSSR count). The van der Waals surface area contributed by atoms with Gasteiger partial charge < -0.3 is 5.73 Å². The minimum atomic E-state index is -0.787. The first-order chi connectivity index (χ1) is 6.52. The van der Waals surface area contributed by atoms with Crippen LogP contribution in [0.3, 0.4) is 0 Å². The van der Waals surface area contributed by atoms with E-state index < -0.39 is 5.91 Å². The van der Waals surface area contributed by atoms with Crippen LogP contribution in [0, 0.1) is 5.92 Å². The van der Waals surface area contributed by atoms with Crippen LogP contribution in [0.1, 0.15) is 6.92 Å². The molecule has 0 aromatic heterocycles. The van der Waals surface area contributed by atoms with Gasteiger partial charge in [-0.3, -0.25) is 10.0 Å². The highest BCUT2D eigenvalue weighted by Crippen LogP contribution is 2.11. The van der Waals surface area contributed by atoms with E-state index in [9.17, 15) is 4.79 Å². The molecule has 0 aromatic rings. The van der Waals surface area contributed by atoms with Gasteiger partial charge in [0.2, 0.25) is 0 Å². The van der Waals surface area contributed by atoms with Crippen molar-refractivity contribution in [3.05, 3.63) is 23.5 Å². The molecular weight excluding hydrogens is 184 g/mol. The lowest BCUT2D eigenvalue weighted by Gasteiger charge is -2.08. The molecule has 1 aliphatic rings. The Morgan fingerprint density at radius 1 is 1.71 bits per heavy atom. The number of aliphatic imine (C=N–C) groups is 1. The maximum Gasteiger partial charge on any atom is 0.295 e. The summed E-state index contributed by atoms with van der Waals surface area (Å²) in [6.45, 7) is 1.89. The quantitative estimate of drug-likeness (QED) is 0.228. The Morgan fingerprint density at radius 2 is 2.36 bits per heavy atom. The molecule has 1 heterocycles. The van der Waals surface area contributed by atoms with E-state index >= 15 is 0 Å². The highest BCUT2D eigenvalue weighted by Gasteiger charge is 2.16. The molecule has 1 atom stereocenters. The Kier molecular flexibility index (Phi) is 3.00. The molecule has 6 heteroatoms. The molecule has 0 saturated carbocycles. The van der Waals surface area contributed by atoms with Gasteiger partial charge in [-0.15, -0.1) is 5.17 Å². The van der Waals surface area contributed by atoms with Crippen molar-refractivity contribution >= 4 is 12.1 Å². The van der Waals surface area contributed by atoms with Crippen LogP contribution in [0.15, 0.2) is 28.5 Å². The molecule has 6 nitrogen and oxygen atoms in total. The van der Waals surface area contributed by atoms with Crippen molar-refractivity contribution in [3.8, 4) is 0 Å². The number of nitrogens with zero attached hydrogens (tertiary/aromatic N) is 2. The number of rotatable bonds is 1. The van der Waals surface area contributed by atoms with E-state index in [1.807, 2.05) is 6.92 Å². The molecule has 1 unspecified atom stereocenters. The van der Waals surface area contributed by atoms with Crippen LogP contribution in [0.4, 0.5) is 0 Å². The molecule has 0 fully saturated rings. The average Bonchev–Trinajstić information content (AvgIpc) is 2.28. The lowest BCUT2D eigenvalue weighted by molar-refractivity contribution is -0.161. The Balaban J connectivity index is 3.02. The summed E-state index contributed by atoms with van der Waals surface area (Å²) in [7, 11) is 0. The van der Waals surface area contributed by atoms with Crippen molar-refractivity contribution in [2.45, 2.75) is 6.92 Å². The van der Waals surface area contributed by atoms with Gasteiger partial charge in [0.1, 0.15) is 5.82 Å². The molecule has 1 amide bonds. The number of allylic oxidation sites excluding steroid dienone is 1. The highest BCUT2D eigenvalue weighted by molar-refractivity contribution is 5.96. The lowest BCUT2D eigenvalue weighted by Crippen LogP contribution is -2.35. The summed E-state index contributed by atoms with van der Waals surface area (Å²) in [4.78, 5) is 15.1. The minimum Gasteiger partial charge on any atom is -0.383 e. The average molecular weight is 196 g/mol. The van der Waals surface area contributed by atoms with Gasteiger partial charge in [-0.25, -0.2) is 10.8 Å². The lowest BCUT2D eigenvalue weighted by atomic mass is 10.1. The zero-order chi connectivity index (χ0) is 10.7. The molecule has 0 bridgehead atoms. The fourth-order valence-corrected chi connectivity index (χ4v) is 0.955. The molecule has 1 aliphatic heterocycles. The molecule has 0 aliphatic carbocycles. The van der Waals surface area contributed by atoms with E-state index in [1.165, 1.54) is 6.08 Å². The van der Waals surface area contributed by atoms with Crippen LogP contribution in [0.2, 0.25) is 0 Å². The first kappa shape index (κ1) is 10.4.